The molecule has 0 aliphatic carbocycles. The minimum absolute atomic E-state index is 0.121. The maximum atomic E-state index is 11.7. The van der Waals surface area contributed by atoms with Gasteiger partial charge in [-0.1, -0.05) is 13.0 Å². The Morgan fingerprint density at radius 3 is 2.88 bits per heavy atom. The van der Waals surface area contributed by atoms with E-state index in [-0.39, 0.29) is 11.5 Å². The van der Waals surface area contributed by atoms with Gasteiger partial charge in [-0.3, -0.25) is 4.79 Å². The number of halogens is 1. The summed E-state index contributed by atoms with van der Waals surface area (Å²) in [5, 5.41) is 0. The Hall–Kier alpha value is -1.36. The number of ether oxygens (including phenoxy) is 1. The van der Waals surface area contributed by atoms with Crippen LogP contribution in [0.25, 0.3) is 0 Å². The molecule has 92 valence electrons. The SMILES string of the molecule is CC/C(=C/Cn1cccc(Br)c1=O)C(=O)OC. The maximum absolute atomic E-state index is 11.7. The molecule has 1 heterocycles. The fourth-order valence-corrected chi connectivity index (χ4v) is 1.74. The van der Waals surface area contributed by atoms with E-state index in [1.807, 2.05) is 6.92 Å². The van der Waals surface area contributed by atoms with Crippen LogP contribution in [0.15, 0.2) is 39.2 Å². The topological polar surface area (TPSA) is 48.3 Å². The monoisotopic (exact) mass is 299 g/mol. The van der Waals surface area contributed by atoms with E-state index in [2.05, 4.69) is 20.7 Å². The molecule has 0 spiro atoms. The van der Waals surface area contributed by atoms with Crippen molar-refractivity contribution in [2.45, 2.75) is 19.9 Å². The van der Waals surface area contributed by atoms with Gasteiger partial charge in [0.25, 0.3) is 5.56 Å². The number of esters is 1. The molecule has 0 radical (unpaired) electrons. The Kier molecular flexibility index (Phi) is 5.15. The van der Waals surface area contributed by atoms with Gasteiger partial charge in [-0.25, -0.2) is 4.79 Å². The zero-order valence-corrected chi connectivity index (χ0v) is 11.4. The van der Waals surface area contributed by atoms with Crippen LogP contribution in [0, 0.1) is 0 Å². The second-order valence-electron chi connectivity index (χ2n) is 3.39. The highest BCUT2D eigenvalue weighted by Gasteiger charge is 2.06. The molecule has 5 heteroatoms. The first-order valence-electron chi connectivity index (χ1n) is 5.22. The summed E-state index contributed by atoms with van der Waals surface area (Å²) in [4.78, 5) is 23.0. The highest BCUT2D eigenvalue weighted by atomic mass is 79.9. The molecule has 0 aliphatic heterocycles. The predicted molar refractivity (Wildman–Crippen MR) is 68.8 cm³/mol. The zero-order chi connectivity index (χ0) is 12.8. The lowest BCUT2D eigenvalue weighted by Crippen LogP contribution is -2.19. The smallest absolute Gasteiger partial charge is 0.333 e. The molecule has 0 fully saturated rings. The molecule has 17 heavy (non-hydrogen) atoms. The van der Waals surface area contributed by atoms with Crippen LogP contribution in [0.5, 0.6) is 0 Å². The van der Waals surface area contributed by atoms with Gasteiger partial charge in [0.15, 0.2) is 0 Å². The molecular formula is C12H14BrNO3. The van der Waals surface area contributed by atoms with E-state index in [9.17, 15) is 9.59 Å². The minimum atomic E-state index is -0.351. The van der Waals surface area contributed by atoms with Crippen LogP contribution in [-0.4, -0.2) is 17.6 Å². The normalized spacial score (nSPS) is 11.4. The van der Waals surface area contributed by atoms with Crippen LogP contribution in [0.3, 0.4) is 0 Å². The standard InChI is InChI=1S/C12H14BrNO3/c1-3-9(12(16)17-2)6-8-14-7-4-5-10(13)11(14)15/h4-7H,3,8H2,1-2H3/b9-6-. The molecule has 4 nitrogen and oxygen atoms in total. The number of hydrogen-bond acceptors (Lipinski definition) is 3. The second kappa shape index (κ2) is 6.39. The summed E-state index contributed by atoms with van der Waals surface area (Å²) in [6, 6.07) is 3.45. The van der Waals surface area contributed by atoms with Crippen LogP contribution in [-0.2, 0) is 16.1 Å². The van der Waals surface area contributed by atoms with Crippen molar-refractivity contribution in [3.05, 3.63) is 44.8 Å². The fraction of sp³-hybridized carbons (Fsp3) is 0.333. The number of methoxy groups -OCH3 is 1. The summed E-state index contributed by atoms with van der Waals surface area (Å²) in [7, 11) is 1.34. The summed E-state index contributed by atoms with van der Waals surface area (Å²) < 4.78 is 6.66. The number of rotatable bonds is 4. The first-order chi connectivity index (χ1) is 8.10. The molecule has 0 aromatic carbocycles. The van der Waals surface area contributed by atoms with Gasteiger partial charge in [0.2, 0.25) is 0 Å². The van der Waals surface area contributed by atoms with Gasteiger partial charge in [-0.15, -0.1) is 0 Å². The van der Waals surface area contributed by atoms with Crippen molar-refractivity contribution in [3.63, 3.8) is 0 Å². The van der Waals surface area contributed by atoms with Crippen molar-refractivity contribution in [1.82, 2.24) is 4.57 Å². The number of pyridine rings is 1. The summed E-state index contributed by atoms with van der Waals surface area (Å²) in [6.45, 7) is 2.23. The summed E-state index contributed by atoms with van der Waals surface area (Å²) >= 11 is 3.17. The third kappa shape index (κ3) is 3.56. The summed E-state index contributed by atoms with van der Waals surface area (Å²) in [5.41, 5.74) is 0.448. The van der Waals surface area contributed by atoms with Crippen LogP contribution in [0.4, 0.5) is 0 Å². The van der Waals surface area contributed by atoms with Crippen molar-refractivity contribution < 1.29 is 9.53 Å². The van der Waals surface area contributed by atoms with Gasteiger partial charge in [-0.2, -0.15) is 0 Å². The van der Waals surface area contributed by atoms with Gasteiger partial charge in [0.1, 0.15) is 0 Å². The molecule has 1 aromatic heterocycles. The van der Waals surface area contributed by atoms with E-state index in [1.54, 1.807) is 24.4 Å². The number of carbonyl (C=O) groups excluding carboxylic acids is 1. The Balaban J connectivity index is 2.92. The summed E-state index contributed by atoms with van der Waals surface area (Å²) in [6.07, 6.45) is 3.96. The van der Waals surface area contributed by atoms with Gasteiger partial charge in [0.05, 0.1) is 11.6 Å². The van der Waals surface area contributed by atoms with Crippen molar-refractivity contribution in [2.24, 2.45) is 0 Å². The van der Waals surface area contributed by atoms with Gasteiger partial charge in [-0.05, 0) is 34.5 Å². The second-order valence-corrected chi connectivity index (χ2v) is 4.24. The molecule has 0 bridgehead atoms. The van der Waals surface area contributed by atoms with Crippen LogP contribution in [0.2, 0.25) is 0 Å². The highest BCUT2D eigenvalue weighted by Crippen LogP contribution is 2.05. The van der Waals surface area contributed by atoms with Gasteiger partial charge in [0, 0.05) is 18.3 Å². The van der Waals surface area contributed by atoms with E-state index in [0.29, 0.717) is 23.0 Å². The lowest BCUT2D eigenvalue weighted by molar-refractivity contribution is -0.136. The first-order valence-corrected chi connectivity index (χ1v) is 6.01. The Bertz CT molecular complexity index is 491. The molecule has 0 aliphatic rings. The number of aromatic nitrogens is 1. The fourth-order valence-electron chi connectivity index (χ4n) is 1.36. The Morgan fingerprint density at radius 2 is 2.29 bits per heavy atom. The average molecular weight is 300 g/mol. The van der Waals surface area contributed by atoms with Crippen molar-refractivity contribution in [1.29, 1.82) is 0 Å². The average Bonchev–Trinajstić information content (AvgIpc) is 2.34. The number of nitrogens with zero attached hydrogens (tertiary/aromatic N) is 1. The number of carbonyl (C=O) groups is 1. The number of allylic oxidation sites excluding steroid dienone is 1. The maximum Gasteiger partial charge on any atom is 0.333 e. The van der Waals surface area contributed by atoms with Crippen LogP contribution < -0.4 is 5.56 Å². The summed E-state index contributed by atoms with van der Waals surface area (Å²) in [5.74, 6) is -0.351. The molecule has 1 rings (SSSR count). The minimum Gasteiger partial charge on any atom is -0.466 e. The predicted octanol–water partition coefficient (Wildman–Crippen LogP) is 2.12. The molecule has 1 aromatic rings. The molecule has 0 amide bonds. The largest absolute Gasteiger partial charge is 0.466 e. The van der Waals surface area contributed by atoms with Gasteiger partial charge >= 0.3 is 5.97 Å². The molecular weight excluding hydrogens is 286 g/mol. The molecule has 0 saturated heterocycles. The molecule has 0 atom stereocenters. The molecule has 0 unspecified atom stereocenters. The van der Waals surface area contributed by atoms with E-state index in [1.165, 1.54) is 11.7 Å². The third-order valence-corrected chi connectivity index (χ3v) is 2.94. The van der Waals surface area contributed by atoms with Crippen LogP contribution in [0.1, 0.15) is 13.3 Å². The van der Waals surface area contributed by atoms with E-state index < -0.39 is 0 Å². The van der Waals surface area contributed by atoms with E-state index in [4.69, 9.17) is 0 Å². The lowest BCUT2D eigenvalue weighted by atomic mass is 10.2. The number of hydrogen-bond donors (Lipinski definition) is 0. The van der Waals surface area contributed by atoms with Crippen molar-refractivity contribution in [3.8, 4) is 0 Å². The molecule has 0 N–H and O–H groups in total. The van der Waals surface area contributed by atoms with Crippen molar-refractivity contribution in [2.75, 3.05) is 7.11 Å². The van der Waals surface area contributed by atoms with Crippen LogP contribution >= 0.6 is 15.9 Å². The molecule has 0 saturated carbocycles. The van der Waals surface area contributed by atoms with E-state index >= 15 is 0 Å². The van der Waals surface area contributed by atoms with E-state index in [0.717, 1.165) is 0 Å². The quantitative estimate of drug-likeness (QED) is 0.632. The highest BCUT2D eigenvalue weighted by molar-refractivity contribution is 9.10. The first kappa shape index (κ1) is 13.7. The van der Waals surface area contributed by atoms with Crippen molar-refractivity contribution >= 4 is 21.9 Å². The lowest BCUT2D eigenvalue weighted by Gasteiger charge is -2.05. The Morgan fingerprint density at radius 1 is 1.59 bits per heavy atom. The third-order valence-electron chi connectivity index (χ3n) is 2.34. The van der Waals surface area contributed by atoms with Gasteiger partial charge < -0.3 is 9.30 Å². The zero-order valence-electron chi connectivity index (χ0n) is 9.77. The Labute approximate surface area is 108 Å².